The second-order valence-electron chi connectivity index (χ2n) is 7.23. The third-order valence-corrected chi connectivity index (χ3v) is 5.21. The lowest BCUT2D eigenvalue weighted by molar-refractivity contribution is -0.0495. The summed E-state index contributed by atoms with van der Waals surface area (Å²) >= 11 is 0. The topological polar surface area (TPSA) is 64.7 Å². The van der Waals surface area contributed by atoms with Crippen molar-refractivity contribution in [2.45, 2.75) is 25.6 Å². The molecule has 9 heteroatoms. The number of ether oxygens (including phenoxy) is 1. The summed E-state index contributed by atoms with van der Waals surface area (Å²) in [6, 6.07) is 17.3. The number of para-hydroxylation sites is 3. The van der Waals surface area contributed by atoms with Crippen molar-refractivity contribution in [2.24, 2.45) is 4.99 Å². The molecule has 1 unspecified atom stereocenters. The highest BCUT2D eigenvalue weighted by atomic mass is 127. The molecule has 0 aliphatic carbocycles. The monoisotopic (exact) mass is 541 g/mol. The molecular formula is C22H26F2IN5O. The van der Waals surface area contributed by atoms with E-state index in [1.165, 1.54) is 5.39 Å². The van der Waals surface area contributed by atoms with E-state index in [1.54, 1.807) is 19.2 Å². The van der Waals surface area contributed by atoms with E-state index in [9.17, 15) is 8.78 Å². The number of hydrogen-bond acceptors (Lipinski definition) is 3. The van der Waals surface area contributed by atoms with Crippen molar-refractivity contribution in [3.63, 3.8) is 0 Å². The van der Waals surface area contributed by atoms with Gasteiger partial charge in [0.1, 0.15) is 5.75 Å². The Balaban J connectivity index is 0.00000272. The maximum absolute atomic E-state index is 12.7. The zero-order valence-electron chi connectivity index (χ0n) is 17.1. The van der Waals surface area contributed by atoms with E-state index < -0.39 is 6.61 Å². The Bertz CT molecular complexity index is 993. The zero-order valence-corrected chi connectivity index (χ0v) is 19.5. The molecule has 2 aromatic carbocycles. The Morgan fingerprint density at radius 2 is 2.00 bits per heavy atom. The largest absolute Gasteiger partial charge is 0.433 e. The summed E-state index contributed by atoms with van der Waals surface area (Å²) in [6.07, 6.45) is 0.871. The molecule has 0 spiro atoms. The van der Waals surface area contributed by atoms with E-state index in [2.05, 4.69) is 48.4 Å². The van der Waals surface area contributed by atoms with Crippen molar-refractivity contribution in [3.8, 4) is 5.75 Å². The summed E-state index contributed by atoms with van der Waals surface area (Å²) in [6.45, 7) is -0.789. The first kappa shape index (κ1) is 23.1. The smallest absolute Gasteiger partial charge is 0.387 e. The Kier molecular flexibility index (Phi) is 7.94. The summed E-state index contributed by atoms with van der Waals surface area (Å²) in [7, 11) is 1.74. The number of guanidine groups is 1. The van der Waals surface area contributed by atoms with E-state index in [0.29, 0.717) is 24.7 Å². The number of aromatic nitrogens is 1. The van der Waals surface area contributed by atoms with Crippen LogP contribution >= 0.6 is 24.0 Å². The van der Waals surface area contributed by atoms with E-state index in [4.69, 9.17) is 0 Å². The Morgan fingerprint density at radius 1 is 1.23 bits per heavy atom. The third kappa shape index (κ3) is 5.78. The molecule has 0 radical (unpaired) electrons. The lowest BCUT2D eigenvalue weighted by Gasteiger charge is -2.22. The van der Waals surface area contributed by atoms with Crippen LogP contribution in [0, 0.1) is 0 Å². The first-order valence-electron chi connectivity index (χ1n) is 9.95. The number of halogens is 3. The minimum atomic E-state index is -2.84. The fourth-order valence-corrected chi connectivity index (χ4v) is 3.81. The normalized spacial score (nSPS) is 16.5. The van der Waals surface area contributed by atoms with E-state index in [0.717, 1.165) is 24.2 Å². The first-order chi connectivity index (χ1) is 14.6. The molecule has 3 aromatic rings. The molecule has 0 saturated carbocycles. The van der Waals surface area contributed by atoms with E-state index >= 15 is 0 Å². The summed E-state index contributed by atoms with van der Waals surface area (Å²) in [5, 5.41) is 7.93. The van der Waals surface area contributed by atoms with Gasteiger partial charge in [0.2, 0.25) is 0 Å². The van der Waals surface area contributed by atoms with E-state index in [-0.39, 0.29) is 35.8 Å². The number of hydrogen-bond donors (Lipinski definition) is 3. The van der Waals surface area contributed by atoms with Crippen LogP contribution in [0.4, 0.5) is 14.5 Å². The molecule has 1 atom stereocenters. The molecule has 0 bridgehead atoms. The molecular weight excluding hydrogens is 515 g/mol. The van der Waals surface area contributed by atoms with Gasteiger partial charge in [0.15, 0.2) is 5.96 Å². The van der Waals surface area contributed by atoms with Crippen molar-refractivity contribution < 1.29 is 13.5 Å². The van der Waals surface area contributed by atoms with Crippen LogP contribution in [0.2, 0.25) is 0 Å². The summed E-state index contributed by atoms with van der Waals surface area (Å²) < 4.78 is 30.1. The molecule has 2 heterocycles. The second kappa shape index (κ2) is 10.7. The number of fused-ring (bicyclic) bond motifs is 1. The maximum Gasteiger partial charge on any atom is 0.387 e. The van der Waals surface area contributed by atoms with Crippen molar-refractivity contribution in [1.29, 1.82) is 0 Å². The van der Waals surface area contributed by atoms with Crippen molar-refractivity contribution in [3.05, 3.63) is 60.3 Å². The van der Waals surface area contributed by atoms with Crippen LogP contribution in [0.3, 0.4) is 0 Å². The van der Waals surface area contributed by atoms with Crippen molar-refractivity contribution in [2.75, 3.05) is 25.0 Å². The van der Waals surface area contributed by atoms with Crippen LogP contribution in [0.15, 0.2) is 59.6 Å². The van der Waals surface area contributed by atoms with Gasteiger partial charge >= 0.3 is 6.61 Å². The van der Waals surface area contributed by atoms with Gasteiger partial charge in [0, 0.05) is 37.4 Å². The molecule has 6 nitrogen and oxygen atoms in total. The number of nitrogens with one attached hydrogen (secondary N) is 3. The van der Waals surface area contributed by atoms with Gasteiger partial charge in [-0.05, 0) is 36.1 Å². The summed E-state index contributed by atoms with van der Waals surface area (Å²) in [5.74, 6) is 0.909. The number of aliphatic imine (C=N–C) groups is 1. The molecule has 0 amide bonds. The Hall–Kier alpha value is -2.56. The number of rotatable bonds is 6. The van der Waals surface area contributed by atoms with Crippen LogP contribution < -0.4 is 20.3 Å². The van der Waals surface area contributed by atoms with Crippen LogP contribution in [-0.2, 0) is 6.54 Å². The molecule has 166 valence electrons. The molecule has 31 heavy (non-hydrogen) atoms. The minimum Gasteiger partial charge on any atom is -0.433 e. The molecule has 1 saturated heterocycles. The Morgan fingerprint density at radius 3 is 2.77 bits per heavy atom. The molecule has 3 N–H and O–H groups in total. The molecule has 1 fully saturated rings. The van der Waals surface area contributed by atoms with Gasteiger partial charge in [-0.15, -0.1) is 24.0 Å². The van der Waals surface area contributed by atoms with Crippen LogP contribution in [0.5, 0.6) is 5.75 Å². The molecule has 1 aliphatic heterocycles. The SMILES string of the molecule is CN=C(NCc1cc2ccccc2[nH]1)NC1CCN(c2ccccc2OC(F)F)C1.I. The lowest BCUT2D eigenvalue weighted by Crippen LogP contribution is -2.44. The average Bonchev–Trinajstić information content (AvgIpc) is 3.37. The predicted octanol–water partition coefficient (Wildman–Crippen LogP) is 4.33. The van der Waals surface area contributed by atoms with Gasteiger partial charge in [-0.1, -0.05) is 30.3 Å². The fourth-order valence-electron chi connectivity index (χ4n) is 3.81. The van der Waals surface area contributed by atoms with Crippen molar-refractivity contribution in [1.82, 2.24) is 15.6 Å². The average molecular weight is 541 g/mol. The number of benzene rings is 2. The third-order valence-electron chi connectivity index (χ3n) is 5.21. The van der Waals surface area contributed by atoms with Crippen LogP contribution in [-0.4, -0.2) is 43.7 Å². The van der Waals surface area contributed by atoms with Gasteiger partial charge in [0.05, 0.1) is 12.2 Å². The molecule has 1 aromatic heterocycles. The number of nitrogens with zero attached hydrogens (tertiary/aromatic N) is 2. The highest BCUT2D eigenvalue weighted by Crippen LogP contribution is 2.31. The first-order valence-corrected chi connectivity index (χ1v) is 9.95. The number of anilines is 1. The minimum absolute atomic E-state index is 0. The van der Waals surface area contributed by atoms with Gasteiger partial charge in [-0.3, -0.25) is 4.99 Å². The fraction of sp³-hybridized carbons (Fsp3) is 0.318. The standard InChI is InChI=1S/C22H25F2N5O.HI/c1-25-22(26-13-17-12-15-6-2-3-7-18(15)27-17)28-16-10-11-29(14-16)19-8-4-5-9-20(19)30-21(23)24;/h2-9,12,16,21,27H,10-11,13-14H2,1H3,(H2,25,26,28);1H. The van der Waals surface area contributed by atoms with E-state index in [1.807, 2.05) is 24.3 Å². The maximum atomic E-state index is 12.7. The van der Waals surface area contributed by atoms with Crippen LogP contribution in [0.1, 0.15) is 12.1 Å². The zero-order chi connectivity index (χ0) is 20.9. The highest BCUT2D eigenvalue weighted by Gasteiger charge is 2.26. The van der Waals surface area contributed by atoms with Crippen molar-refractivity contribution >= 4 is 46.5 Å². The van der Waals surface area contributed by atoms with Gasteiger partial charge in [-0.25, -0.2) is 0 Å². The van der Waals surface area contributed by atoms with Gasteiger partial charge < -0.3 is 25.3 Å². The highest BCUT2D eigenvalue weighted by molar-refractivity contribution is 14.0. The second-order valence-corrected chi connectivity index (χ2v) is 7.23. The quantitative estimate of drug-likeness (QED) is 0.247. The molecule has 1 aliphatic rings. The Labute approximate surface area is 197 Å². The number of aromatic amines is 1. The van der Waals surface area contributed by atoms with Crippen LogP contribution in [0.25, 0.3) is 10.9 Å². The van der Waals surface area contributed by atoms with Gasteiger partial charge in [0.25, 0.3) is 0 Å². The predicted molar refractivity (Wildman–Crippen MR) is 131 cm³/mol. The lowest BCUT2D eigenvalue weighted by atomic mass is 10.2. The van der Waals surface area contributed by atoms with Gasteiger partial charge in [-0.2, -0.15) is 8.78 Å². The number of alkyl halides is 2. The summed E-state index contributed by atoms with van der Waals surface area (Å²) in [4.78, 5) is 9.76. The summed E-state index contributed by atoms with van der Waals surface area (Å²) in [5.41, 5.74) is 2.86. The number of H-pyrrole nitrogens is 1. The molecule has 4 rings (SSSR count).